The van der Waals surface area contributed by atoms with E-state index >= 15 is 0 Å². The molecule has 1 amide bonds. The van der Waals surface area contributed by atoms with Gasteiger partial charge in [-0.2, -0.15) is 5.10 Å². The molecular weight excluding hydrogens is 412 g/mol. The number of carbonyl (C=O) groups is 1. The summed E-state index contributed by atoms with van der Waals surface area (Å²) in [4.78, 5) is 12.0. The van der Waals surface area contributed by atoms with Gasteiger partial charge in [0.25, 0.3) is 0 Å². The van der Waals surface area contributed by atoms with Gasteiger partial charge in [0.15, 0.2) is 11.5 Å². The summed E-state index contributed by atoms with van der Waals surface area (Å²) in [5, 5.41) is 4.01. The number of amides is 1. The van der Waals surface area contributed by atoms with Crippen LogP contribution < -0.4 is 19.6 Å². The number of nitrogens with one attached hydrogen (secondary N) is 1. The molecule has 0 radical (unpaired) electrons. The number of ether oxygens (including phenoxy) is 3. The van der Waals surface area contributed by atoms with Crippen LogP contribution in [-0.2, 0) is 11.2 Å². The number of carbonyl (C=O) groups excluding carboxylic acids is 1. The Labute approximate surface area is 167 Å². The van der Waals surface area contributed by atoms with E-state index in [1.54, 1.807) is 26.5 Å². The molecule has 0 spiro atoms. The van der Waals surface area contributed by atoms with Crippen molar-refractivity contribution in [3.05, 3.63) is 52.0 Å². The van der Waals surface area contributed by atoms with E-state index in [0.717, 1.165) is 21.3 Å². The van der Waals surface area contributed by atoms with Crippen LogP contribution in [0.15, 0.2) is 46.0 Å². The number of benzene rings is 2. The van der Waals surface area contributed by atoms with Crippen LogP contribution in [-0.4, -0.2) is 32.4 Å². The first kappa shape index (κ1) is 20.8. The Morgan fingerprint density at radius 2 is 1.89 bits per heavy atom. The molecule has 1 N–H and O–H groups in total. The van der Waals surface area contributed by atoms with Gasteiger partial charge in [-0.15, -0.1) is 0 Å². The maximum absolute atomic E-state index is 12.0. The molecule has 0 aliphatic heterocycles. The van der Waals surface area contributed by atoms with E-state index in [1.165, 1.54) is 0 Å². The summed E-state index contributed by atoms with van der Waals surface area (Å²) >= 11 is 3.48. The first-order valence-electron chi connectivity index (χ1n) is 8.42. The number of hydrazone groups is 1. The van der Waals surface area contributed by atoms with Gasteiger partial charge in [0.1, 0.15) is 5.75 Å². The van der Waals surface area contributed by atoms with Gasteiger partial charge in [0, 0.05) is 0 Å². The third-order valence-corrected chi connectivity index (χ3v) is 4.12. The molecule has 0 bridgehead atoms. The van der Waals surface area contributed by atoms with Gasteiger partial charge in [0.05, 0.1) is 37.4 Å². The summed E-state index contributed by atoms with van der Waals surface area (Å²) in [5.74, 6) is 1.76. The highest BCUT2D eigenvalue weighted by Crippen LogP contribution is 2.36. The lowest BCUT2D eigenvalue weighted by atomic mass is 10.1. The molecule has 2 aromatic carbocycles. The zero-order chi connectivity index (χ0) is 19.8. The molecule has 2 rings (SSSR count). The lowest BCUT2D eigenvalue weighted by Gasteiger charge is -2.15. The summed E-state index contributed by atoms with van der Waals surface area (Å²) in [6.45, 7) is 3.89. The Morgan fingerprint density at radius 1 is 1.19 bits per heavy atom. The fourth-order valence-electron chi connectivity index (χ4n) is 2.31. The number of rotatable bonds is 8. The number of hydrogen-bond donors (Lipinski definition) is 1. The first-order valence-corrected chi connectivity index (χ1v) is 9.21. The highest BCUT2D eigenvalue weighted by atomic mass is 79.9. The summed E-state index contributed by atoms with van der Waals surface area (Å²) in [5.41, 5.74) is 4.17. The molecule has 27 heavy (non-hydrogen) atoms. The van der Waals surface area contributed by atoms with Crippen molar-refractivity contribution in [2.24, 2.45) is 5.10 Å². The average Bonchev–Trinajstić information content (AvgIpc) is 2.64. The van der Waals surface area contributed by atoms with E-state index in [-0.39, 0.29) is 18.4 Å². The van der Waals surface area contributed by atoms with E-state index in [4.69, 9.17) is 14.2 Å². The third kappa shape index (κ3) is 6.29. The Hall–Kier alpha value is -2.54. The normalized spacial score (nSPS) is 10.9. The summed E-state index contributed by atoms with van der Waals surface area (Å²) < 4.78 is 17.0. The second kappa shape index (κ2) is 9.97. The van der Waals surface area contributed by atoms with Gasteiger partial charge < -0.3 is 14.2 Å². The minimum Gasteiger partial charge on any atom is -0.497 e. The molecule has 0 atom stereocenters. The van der Waals surface area contributed by atoms with Gasteiger partial charge in [-0.3, -0.25) is 4.79 Å². The Balaban J connectivity index is 2.00. The predicted molar refractivity (Wildman–Crippen MR) is 109 cm³/mol. The molecule has 7 heteroatoms. The highest BCUT2D eigenvalue weighted by Gasteiger charge is 2.12. The van der Waals surface area contributed by atoms with Crippen molar-refractivity contribution in [1.29, 1.82) is 0 Å². The summed E-state index contributed by atoms with van der Waals surface area (Å²) in [7, 11) is 3.18. The monoisotopic (exact) mass is 434 g/mol. The van der Waals surface area contributed by atoms with Crippen molar-refractivity contribution in [1.82, 2.24) is 5.43 Å². The van der Waals surface area contributed by atoms with Crippen LogP contribution in [0.3, 0.4) is 0 Å². The number of nitrogens with zero attached hydrogens (tertiary/aromatic N) is 1. The molecule has 0 saturated heterocycles. The lowest BCUT2D eigenvalue weighted by Crippen LogP contribution is -2.19. The Morgan fingerprint density at radius 3 is 2.48 bits per heavy atom. The van der Waals surface area contributed by atoms with E-state index in [2.05, 4.69) is 26.5 Å². The van der Waals surface area contributed by atoms with Gasteiger partial charge in [-0.05, 0) is 65.2 Å². The SMILES string of the molecule is COc1ccc(CC(=O)N/N=C\c2cc(Br)c(OC(C)C)c(OC)c2)cc1. The molecule has 2 aromatic rings. The highest BCUT2D eigenvalue weighted by molar-refractivity contribution is 9.10. The Bertz CT molecular complexity index is 804. The standard InChI is InChI=1S/C20H23BrN2O4/c1-13(2)27-20-17(21)9-15(10-18(20)26-4)12-22-23-19(24)11-14-5-7-16(25-3)8-6-14/h5-10,12-13H,11H2,1-4H3,(H,23,24)/b22-12-. The molecular formula is C20H23BrN2O4. The smallest absolute Gasteiger partial charge is 0.244 e. The van der Waals surface area contributed by atoms with Gasteiger partial charge in [-0.1, -0.05) is 12.1 Å². The van der Waals surface area contributed by atoms with Gasteiger partial charge in [0.2, 0.25) is 5.91 Å². The molecule has 0 aliphatic carbocycles. The van der Waals surface area contributed by atoms with Crippen LogP contribution in [0, 0.1) is 0 Å². The van der Waals surface area contributed by atoms with E-state index in [9.17, 15) is 4.79 Å². The van der Waals surface area contributed by atoms with Crippen LogP contribution in [0.1, 0.15) is 25.0 Å². The maximum Gasteiger partial charge on any atom is 0.244 e. The fourth-order valence-corrected chi connectivity index (χ4v) is 2.86. The van der Waals surface area contributed by atoms with Crippen molar-refractivity contribution < 1.29 is 19.0 Å². The molecule has 0 unspecified atom stereocenters. The largest absolute Gasteiger partial charge is 0.497 e. The summed E-state index contributed by atoms with van der Waals surface area (Å²) in [6.07, 6.45) is 1.81. The first-order chi connectivity index (χ1) is 12.9. The Kier molecular flexibility index (Phi) is 7.67. The van der Waals surface area contributed by atoms with Gasteiger partial charge >= 0.3 is 0 Å². The lowest BCUT2D eigenvalue weighted by molar-refractivity contribution is -0.120. The average molecular weight is 435 g/mol. The zero-order valence-electron chi connectivity index (χ0n) is 15.8. The molecule has 6 nitrogen and oxygen atoms in total. The number of halogens is 1. The van der Waals surface area contributed by atoms with Crippen LogP contribution in [0.2, 0.25) is 0 Å². The predicted octanol–water partition coefficient (Wildman–Crippen LogP) is 3.95. The van der Waals surface area contributed by atoms with Crippen LogP contribution in [0.25, 0.3) is 0 Å². The van der Waals surface area contributed by atoms with Crippen molar-refractivity contribution in [2.75, 3.05) is 14.2 Å². The second-order valence-electron chi connectivity index (χ2n) is 6.02. The van der Waals surface area contributed by atoms with Crippen LogP contribution >= 0.6 is 15.9 Å². The molecule has 144 valence electrons. The number of hydrogen-bond acceptors (Lipinski definition) is 5. The van der Waals surface area contributed by atoms with Crippen LogP contribution in [0.4, 0.5) is 0 Å². The minimum atomic E-state index is -0.206. The number of methoxy groups -OCH3 is 2. The molecule has 0 aliphatic rings. The van der Waals surface area contributed by atoms with Crippen LogP contribution in [0.5, 0.6) is 17.2 Å². The molecule has 0 heterocycles. The maximum atomic E-state index is 12.0. The molecule has 0 fully saturated rings. The molecule has 0 aromatic heterocycles. The van der Waals surface area contributed by atoms with Crippen molar-refractivity contribution in [2.45, 2.75) is 26.4 Å². The third-order valence-electron chi connectivity index (χ3n) is 3.53. The van der Waals surface area contributed by atoms with Crippen molar-refractivity contribution in [3.8, 4) is 17.2 Å². The zero-order valence-corrected chi connectivity index (χ0v) is 17.4. The fraction of sp³-hybridized carbons (Fsp3) is 0.300. The van der Waals surface area contributed by atoms with E-state index in [1.807, 2.05) is 44.2 Å². The van der Waals surface area contributed by atoms with Crippen molar-refractivity contribution in [3.63, 3.8) is 0 Å². The quantitative estimate of drug-likeness (QED) is 0.504. The minimum absolute atomic E-state index is 0.0203. The second-order valence-corrected chi connectivity index (χ2v) is 6.87. The van der Waals surface area contributed by atoms with Gasteiger partial charge in [-0.25, -0.2) is 5.43 Å². The van der Waals surface area contributed by atoms with Crippen molar-refractivity contribution >= 4 is 28.1 Å². The van der Waals surface area contributed by atoms with E-state index in [0.29, 0.717) is 11.5 Å². The molecule has 0 saturated carbocycles. The summed E-state index contributed by atoms with van der Waals surface area (Å²) in [6, 6.07) is 11.0. The topological polar surface area (TPSA) is 69.2 Å². The van der Waals surface area contributed by atoms with E-state index < -0.39 is 0 Å².